The molecule has 0 heterocycles. The lowest BCUT2D eigenvalue weighted by molar-refractivity contribution is -0.167. The number of rotatable bonds is 50. The van der Waals surface area contributed by atoms with Crippen molar-refractivity contribution in [3.05, 3.63) is 122 Å². The van der Waals surface area contributed by atoms with Gasteiger partial charge >= 0.3 is 17.9 Å². The maximum absolute atomic E-state index is 12.7. The van der Waals surface area contributed by atoms with E-state index in [-0.39, 0.29) is 31.1 Å². The Morgan fingerprint density at radius 3 is 0.886 bits per heavy atom. The number of esters is 3. The van der Waals surface area contributed by atoms with Crippen molar-refractivity contribution < 1.29 is 28.6 Å². The molecule has 0 aromatic heterocycles. The van der Waals surface area contributed by atoms with Crippen LogP contribution in [-0.2, 0) is 28.6 Å². The van der Waals surface area contributed by atoms with Crippen LogP contribution < -0.4 is 0 Å². The third-order valence-corrected chi connectivity index (χ3v) is 11.7. The Balaban J connectivity index is 4.13. The van der Waals surface area contributed by atoms with E-state index in [0.717, 1.165) is 154 Å². The molecule has 1 unspecified atom stereocenters. The van der Waals surface area contributed by atoms with Gasteiger partial charge in [0.1, 0.15) is 13.2 Å². The summed E-state index contributed by atoms with van der Waals surface area (Å²) in [5.41, 5.74) is 0. The van der Waals surface area contributed by atoms with Gasteiger partial charge in [-0.2, -0.15) is 0 Å². The topological polar surface area (TPSA) is 78.9 Å². The normalized spacial score (nSPS) is 13.0. The van der Waals surface area contributed by atoms with Gasteiger partial charge in [-0.05, 0) is 116 Å². The molecule has 0 aliphatic carbocycles. The van der Waals surface area contributed by atoms with Gasteiger partial charge in [0.25, 0.3) is 0 Å². The van der Waals surface area contributed by atoms with Crippen LogP contribution in [0.2, 0.25) is 0 Å². The van der Waals surface area contributed by atoms with Gasteiger partial charge in [0.2, 0.25) is 0 Å². The summed E-state index contributed by atoms with van der Waals surface area (Å²) in [5, 5.41) is 0. The first-order valence-electron chi connectivity index (χ1n) is 28.5. The minimum Gasteiger partial charge on any atom is -0.462 e. The lowest BCUT2D eigenvalue weighted by Crippen LogP contribution is -2.30. The average Bonchev–Trinajstić information content (AvgIpc) is 3.36. The number of hydrogen-bond acceptors (Lipinski definition) is 6. The van der Waals surface area contributed by atoms with Crippen LogP contribution in [0.15, 0.2) is 122 Å². The Morgan fingerprint density at radius 1 is 0.300 bits per heavy atom. The molecular formula is C64H104O6. The van der Waals surface area contributed by atoms with Crippen molar-refractivity contribution in [2.45, 2.75) is 252 Å². The van der Waals surface area contributed by atoms with Crippen LogP contribution in [-0.4, -0.2) is 37.2 Å². The highest BCUT2D eigenvalue weighted by Crippen LogP contribution is 2.13. The molecule has 0 aromatic rings. The SMILES string of the molecule is CC/C=C\C/C=C\C/C=C\C/C=C\C/C=C\C/C=C\C/C=C\C/C=C\C/C=C\CCCCCCCC(=O)OCC(COC(=O)CCCCCCC)OC(=O)CCCCCCC/C=C\CCCCCCC. The van der Waals surface area contributed by atoms with Gasteiger partial charge in [-0.25, -0.2) is 0 Å². The maximum atomic E-state index is 12.7. The van der Waals surface area contributed by atoms with Crippen LogP contribution >= 0.6 is 0 Å². The number of carbonyl (C=O) groups excluding carboxylic acids is 3. The van der Waals surface area contributed by atoms with Crippen LogP contribution in [0.4, 0.5) is 0 Å². The van der Waals surface area contributed by atoms with E-state index in [1.54, 1.807) is 0 Å². The first-order valence-corrected chi connectivity index (χ1v) is 28.5. The van der Waals surface area contributed by atoms with E-state index >= 15 is 0 Å². The van der Waals surface area contributed by atoms with Gasteiger partial charge in [-0.15, -0.1) is 0 Å². The predicted molar refractivity (Wildman–Crippen MR) is 302 cm³/mol. The monoisotopic (exact) mass is 969 g/mol. The largest absolute Gasteiger partial charge is 0.462 e. The van der Waals surface area contributed by atoms with Crippen LogP contribution in [0.3, 0.4) is 0 Å². The minimum absolute atomic E-state index is 0.0898. The van der Waals surface area contributed by atoms with E-state index < -0.39 is 6.10 Å². The van der Waals surface area contributed by atoms with Gasteiger partial charge in [0.15, 0.2) is 6.10 Å². The molecule has 0 radical (unpaired) electrons. The molecule has 0 saturated heterocycles. The molecule has 0 bridgehead atoms. The molecule has 70 heavy (non-hydrogen) atoms. The van der Waals surface area contributed by atoms with Crippen molar-refractivity contribution in [3.63, 3.8) is 0 Å². The van der Waals surface area contributed by atoms with Gasteiger partial charge in [-0.3, -0.25) is 14.4 Å². The molecule has 1 atom stereocenters. The molecule has 396 valence electrons. The molecular weight excluding hydrogens is 865 g/mol. The van der Waals surface area contributed by atoms with Crippen molar-refractivity contribution in [1.29, 1.82) is 0 Å². The minimum atomic E-state index is -0.788. The molecule has 0 aromatic carbocycles. The quantitative estimate of drug-likeness (QED) is 0.0262. The first kappa shape index (κ1) is 65.8. The van der Waals surface area contributed by atoms with Crippen molar-refractivity contribution in [2.24, 2.45) is 0 Å². The van der Waals surface area contributed by atoms with Crippen molar-refractivity contribution in [1.82, 2.24) is 0 Å². The van der Waals surface area contributed by atoms with Gasteiger partial charge in [-0.1, -0.05) is 232 Å². The Labute approximate surface area is 431 Å². The Morgan fingerprint density at radius 2 is 0.557 bits per heavy atom. The first-order chi connectivity index (χ1) is 34.5. The molecule has 0 amide bonds. The fraction of sp³-hybridized carbons (Fsp3) is 0.641. The number of ether oxygens (including phenoxy) is 3. The highest BCUT2D eigenvalue weighted by atomic mass is 16.6. The van der Waals surface area contributed by atoms with Crippen LogP contribution in [0.25, 0.3) is 0 Å². The average molecular weight is 970 g/mol. The third-order valence-electron chi connectivity index (χ3n) is 11.7. The van der Waals surface area contributed by atoms with Crippen LogP contribution in [0.1, 0.15) is 245 Å². The molecule has 0 aliphatic heterocycles. The molecule has 0 aliphatic rings. The molecule has 0 N–H and O–H groups in total. The fourth-order valence-corrected chi connectivity index (χ4v) is 7.43. The van der Waals surface area contributed by atoms with Crippen LogP contribution in [0, 0.1) is 0 Å². The predicted octanol–water partition coefficient (Wildman–Crippen LogP) is 19.3. The Kier molecular flexibility index (Phi) is 54.0. The molecule has 6 heteroatoms. The molecule has 6 nitrogen and oxygen atoms in total. The zero-order valence-corrected chi connectivity index (χ0v) is 45.2. The summed E-state index contributed by atoms with van der Waals surface area (Å²) in [6, 6.07) is 0. The summed E-state index contributed by atoms with van der Waals surface area (Å²) in [6.45, 7) is 6.39. The Hall–Kier alpha value is -4.19. The zero-order chi connectivity index (χ0) is 50.7. The second kappa shape index (κ2) is 57.4. The Bertz CT molecular complexity index is 1490. The third kappa shape index (κ3) is 54.7. The lowest BCUT2D eigenvalue weighted by atomic mass is 10.1. The van der Waals surface area contributed by atoms with Crippen molar-refractivity contribution in [3.8, 4) is 0 Å². The summed E-state index contributed by atoms with van der Waals surface area (Å²) in [6.07, 6.45) is 79.5. The molecule has 0 saturated carbocycles. The summed E-state index contributed by atoms with van der Waals surface area (Å²) >= 11 is 0. The smallest absolute Gasteiger partial charge is 0.306 e. The number of allylic oxidation sites excluding steroid dienone is 20. The number of hydrogen-bond donors (Lipinski definition) is 0. The van der Waals surface area contributed by atoms with Gasteiger partial charge < -0.3 is 14.2 Å². The number of carbonyl (C=O) groups is 3. The fourth-order valence-electron chi connectivity index (χ4n) is 7.43. The summed E-state index contributed by atoms with van der Waals surface area (Å²) < 4.78 is 16.7. The van der Waals surface area contributed by atoms with Gasteiger partial charge in [0, 0.05) is 19.3 Å². The highest BCUT2D eigenvalue weighted by Gasteiger charge is 2.19. The summed E-state index contributed by atoms with van der Waals surface area (Å²) in [5.74, 6) is -0.937. The van der Waals surface area contributed by atoms with Crippen molar-refractivity contribution in [2.75, 3.05) is 13.2 Å². The standard InChI is InChI=1S/C64H104O6/c1-4-7-10-13-15-17-19-21-23-24-25-26-27-28-29-30-31-32-33-34-35-36-37-38-39-40-41-43-44-46-48-51-54-57-63(66)69-60-61(59-68-62(65)56-53-50-12-9-6-3)70-64(67)58-55-52-49-47-45-42-22-20-18-16-14-11-8-5-2/h7,10,15,17,20-23,25-26,28-29,31-32,34-35,37-38,40-41,61H,4-6,8-9,11-14,16,18-19,24,27,30,33,36,39,42-60H2,1-3H3/b10-7-,17-15-,22-20-,23-21-,26-25-,29-28-,32-31-,35-34-,38-37-,41-40-. The molecule has 0 rings (SSSR count). The van der Waals surface area contributed by atoms with E-state index in [1.807, 2.05) is 0 Å². The van der Waals surface area contributed by atoms with Crippen LogP contribution in [0.5, 0.6) is 0 Å². The summed E-state index contributed by atoms with van der Waals surface area (Å²) in [7, 11) is 0. The number of unbranched alkanes of at least 4 members (excludes halogenated alkanes) is 19. The van der Waals surface area contributed by atoms with E-state index in [1.165, 1.54) is 51.4 Å². The van der Waals surface area contributed by atoms with E-state index in [4.69, 9.17) is 14.2 Å². The zero-order valence-electron chi connectivity index (χ0n) is 45.2. The summed E-state index contributed by atoms with van der Waals surface area (Å²) in [4.78, 5) is 37.7. The lowest BCUT2D eigenvalue weighted by Gasteiger charge is -2.18. The van der Waals surface area contributed by atoms with Crippen molar-refractivity contribution >= 4 is 17.9 Å². The molecule has 0 fully saturated rings. The van der Waals surface area contributed by atoms with E-state index in [0.29, 0.717) is 19.3 Å². The van der Waals surface area contributed by atoms with Gasteiger partial charge in [0.05, 0.1) is 0 Å². The van der Waals surface area contributed by atoms with E-state index in [9.17, 15) is 14.4 Å². The maximum Gasteiger partial charge on any atom is 0.306 e. The second-order valence-electron chi connectivity index (χ2n) is 18.5. The second-order valence-corrected chi connectivity index (χ2v) is 18.5. The van der Waals surface area contributed by atoms with E-state index in [2.05, 4.69) is 142 Å². The highest BCUT2D eigenvalue weighted by molar-refractivity contribution is 5.71. The molecule has 0 spiro atoms.